The third kappa shape index (κ3) is 3.21. The molecule has 1 aromatic carbocycles. The van der Waals surface area contributed by atoms with Crippen molar-refractivity contribution in [3.05, 3.63) is 29.3 Å². The van der Waals surface area contributed by atoms with E-state index in [0.29, 0.717) is 5.69 Å². The molecule has 0 amide bonds. The Morgan fingerprint density at radius 2 is 1.67 bits per heavy atom. The van der Waals surface area contributed by atoms with E-state index in [1.807, 2.05) is 32.0 Å². The summed E-state index contributed by atoms with van der Waals surface area (Å²) in [4.78, 5) is 0. The molecule has 3 N–H and O–H groups in total. The topological polar surface area (TPSA) is 72.2 Å². The zero-order valence-electron chi connectivity index (χ0n) is 8.95. The molecular weight excluding hydrogens is 212 g/mol. The van der Waals surface area contributed by atoms with Crippen molar-refractivity contribution in [2.75, 3.05) is 4.72 Å². The van der Waals surface area contributed by atoms with Gasteiger partial charge >= 0.3 is 0 Å². The zero-order valence-corrected chi connectivity index (χ0v) is 9.76. The molecule has 5 heteroatoms. The van der Waals surface area contributed by atoms with E-state index >= 15 is 0 Å². The van der Waals surface area contributed by atoms with Crippen LogP contribution in [-0.4, -0.2) is 8.42 Å². The molecule has 0 aliphatic heterocycles. The van der Waals surface area contributed by atoms with Gasteiger partial charge < -0.3 is 0 Å². The zero-order chi connectivity index (χ0) is 11.5. The summed E-state index contributed by atoms with van der Waals surface area (Å²) in [7, 11) is -3.69. The maximum absolute atomic E-state index is 11.0. The molecular formula is C10H16N2O2S. The Morgan fingerprint density at radius 1 is 1.20 bits per heavy atom. The number of para-hydroxylation sites is 1. The Hall–Kier alpha value is -1.07. The van der Waals surface area contributed by atoms with Crippen LogP contribution in [-0.2, 0) is 23.1 Å². The van der Waals surface area contributed by atoms with Crippen molar-refractivity contribution in [2.24, 2.45) is 5.14 Å². The number of hydrogen-bond donors (Lipinski definition) is 2. The quantitative estimate of drug-likeness (QED) is 0.818. The minimum absolute atomic E-state index is 0.630. The van der Waals surface area contributed by atoms with Crippen LogP contribution in [0, 0.1) is 0 Å². The van der Waals surface area contributed by atoms with Gasteiger partial charge in [0.05, 0.1) is 5.69 Å². The average Bonchev–Trinajstić information content (AvgIpc) is 2.16. The molecule has 0 spiro atoms. The van der Waals surface area contributed by atoms with Gasteiger partial charge in [-0.2, -0.15) is 8.42 Å². The van der Waals surface area contributed by atoms with Crippen LogP contribution in [0.3, 0.4) is 0 Å². The van der Waals surface area contributed by atoms with Crippen LogP contribution < -0.4 is 9.86 Å². The number of hydrogen-bond acceptors (Lipinski definition) is 2. The lowest BCUT2D eigenvalue weighted by Gasteiger charge is -2.13. The second-order valence-electron chi connectivity index (χ2n) is 3.31. The van der Waals surface area contributed by atoms with Gasteiger partial charge in [-0.25, -0.2) is 5.14 Å². The first-order valence-electron chi connectivity index (χ1n) is 4.89. The Labute approximate surface area is 90.7 Å². The molecule has 15 heavy (non-hydrogen) atoms. The maximum Gasteiger partial charge on any atom is 0.296 e. The van der Waals surface area contributed by atoms with Crippen LogP contribution in [0.15, 0.2) is 18.2 Å². The highest BCUT2D eigenvalue weighted by Gasteiger charge is 2.10. The minimum atomic E-state index is -3.69. The molecule has 0 aliphatic carbocycles. The molecule has 0 saturated carbocycles. The number of benzene rings is 1. The average molecular weight is 228 g/mol. The van der Waals surface area contributed by atoms with Crippen molar-refractivity contribution in [3.8, 4) is 0 Å². The van der Waals surface area contributed by atoms with Gasteiger partial charge in [-0.1, -0.05) is 32.0 Å². The van der Waals surface area contributed by atoms with E-state index < -0.39 is 10.2 Å². The van der Waals surface area contributed by atoms with Crippen LogP contribution in [0.2, 0.25) is 0 Å². The van der Waals surface area contributed by atoms with Gasteiger partial charge in [-0.3, -0.25) is 4.72 Å². The van der Waals surface area contributed by atoms with Crippen molar-refractivity contribution in [1.29, 1.82) is 0 Å². The summed E-state index contributed by atoms with van der Waals surface area (Å²) in [5.74, 6) is 0. The van der Waals surface area contributed by atoms with Crippen molar-refractivity contribution in [3.63, 3.8) is 0 Å². The third-order valence-electron chi connectivity index (χ3n) is 2.24. The smallest absolute Gasteiger partial charge is 0.271 e. The highest BCUT2D eigenvalue weighted by Crippen LogP contribution is 2.22. The summed E-state index contributed by atoms with van der Waals surface area (Å²) in [5.41, 5.74) is 2.55. The van der Waals surface area contributed by atoms with Crippen LogP contribution >= 0.6 is 0 Å². The second-order valence-corrected chi connectivity index (χ2v) is 4.60. The lowest BCUT2D eigenvalue weighted by Crippen LogP contribution is -2.23. The predicted octanol–water partition coefficient (Wildman–Crippen LogP) is 1.43. The molecule has 0 unspecified atom stereocenters. The van der Waals surface area contributed by atoms with Crippen molar-refractivity contribution in [1.82, 2.24) is 0 Å². The Bertz CT molecular complexity index is 418. The summed E-state index contributed by atoms with van der Waals surface area (Å²) in [6, 6.07) is 5.71. The monoisotopic (exact) mass is 228 g/mol. The van der Waals surface area contributed by atoms with E-state index in [1.165, 1.54) is 0 Å². The van der Waals surface area contributed by atoms with Crippen molar-refractivity contribution in [2.45, 2.75) is 26.7 Å². The largest absolute Gasteiger partial charge is 0.296 e. The molecule has 0 radical (unpaired) electrons. The summed E-state index contributed by atoms with van der Waals surface area (Å²) >= 11 is 0. The number of nitrogens with one attached hydrogen (secondary N) is 1. The van der Waals surface area contributed by atoms with Gasteiger partial charge in [0.2, 0.25) is 0 Å². The van der Waals surface area contributed by atoms with Crippen molar-refractivity contribution >= 4 is 15.9 Å². The summed E-state index contributed by atoms with van der Waals surface area (Å²) in [6.07, 6.45) is 1.54. The molecule has 84 valence electrons. The van der Waals surface area contributed by atoms with E-state index in [-0.39, 0.29) is 0 Å². The molecule has 4 nitrogen and oxygen atoms in total. The van der Waals surface area contributed by atoms with Gasteiger partial charge in [0.1, 0.15) is 0 Å². The van der Waals surface area contributed by atoms with Crippen LogP contribution in [0.5, 0.6) is 0 Å². The number of aryl methyl sites for hydroxylation is 2. The molecule has 0 aliphatic rings. The van der Waals surface area contributed by atoms with Gasteiger partial charge in [0, 0.05) is 0 Å². The standard InChI is InChI=1S/C10H16N2O2S/c1-3-8-6-5-7-9(4-2)10(8)12-15(11,13)14/h5-7,12H,3-4H2,1-2H3,(H2,11,13,14). The molecule has 0 bridgehead atoms. The normalized spacial score (nSPS) is 11.4. The summed E-state index contributed by atoms with van der Waals surface area (Å²) < 4.78 is 24.4. The fraction of sp³-hybridized carbons (Fsp3) is 0.400. The van der Waals surface area contributed by atoms with Crippen LogP contribution in [0.25, 0.3) is 0 Å². The SMILES string of the molecule is CCc1cccc(CC)c1NS(N)(=O)=O. The molecule has 1 aromatic rings. The fourth-order valence-electron chi connectivity index (χ4n) is 1.52. The highest BCUT2D eigenvalue weighted by molar-refractivity contribution is 7.90. The Kier molecular flexibility index (Phi) is 3.71. The van der Waals surface area contributed by atoms with E-state index in [0.717, 1.165) is 24.0 Å². The number of rotatable bonds is 4. The molecule has 0 fully saturated rings. The van der Waals surface area contributed by atoms with Gasteiger partial charge in [-0.15, -0.1) is 0 Å². The molecule has 0 heterocycles. The fourth-order valence-corrected chi connectivity index (χ4v) is 2.06. The van der Waals surface area contributed by atoms with Gasteiger partial charge in [-0.05, 0) is 24.0 Å². The molecule has 0 aromatic heterocycles. The number of nitrogens with two attached hydrogens (primary N) is 1. The third-order valence-corrected chi connectivity index (χ3v) is 2.73. The lowest BCUT2D eigenvalue weighted by atomic mass is 10.0. The summed E-state index contributed by atoms with van der Waals surface area (Å²) in [5, 5.41) is 4.98. The Morgan fingerprint density at radius 3 is 2.00 bits per heavy atom. The Balaban J connectivity index is 3.22. The first-order chi connectivity index (χ1) is 6.98. The summed E-state index contributed by atoms with van der Waals surface area (Å²) in [6.45, 7) is 3.95. The van der Waals surface area contributed by atoms with E-state index in [1.54, 1.807) is 0 Å². The lowest BCUT2D eigenvalue weighted by molar-refractivity contribution is 0.602. The number of anilines is 1. The van der Waals surface area contributed by atoms with Gasteiger partial charge in [0.25, 0.3) is 10.2 Å². The van der Waals surface area contributed by atoms with Crippen LogP contribution in [0.1, 0.15) is 25.0 Å². The second kappa shape index (κ2) is 4.63. The first kappa shape index (κ1) is 12.0. The maximum atomic E-state index is 11.0. The van der Waals surface area contributed by atoms with Crippen molar-refractivity contribution < 1.29 is 8.42 Å². The molecule has 1 rings (SSSR count). The minimum Gasteiger partial charge on any atom is -0.271 e. The predicted molar refractivity (Wildman–Crippen MR) is 61.9 cm³/mol. The van der Waals surface area contributed by atoms with E-state index in [9.17, 15) is 8.42 Å². The molecule has 0 atom stereocenters. The van der Waals surface area contributed by atoms with E-state index in [2.05, 4.69) is 4.72 Å². The first-order valence-corrected chi connectivity index (χ1v) is 6.43. The molecule has 0 saturated heterocycles. The van der Waals surface area contributed by atoms with E-state index in [4.69, 9.17) is 5.14 Å². The highest BCUT2D eigenvalue weighted by atomic mass is 32.2. The van der Waals surface area contributed by atoms with Crippen LogP contribution in [0.4, 0.5) is 5.69 Å². The van der Waals surface area contributed by atoms with Gasteiger partial charge in [0.15, 0.2) is 0 Å².